The van der Waals surface area contributed by atoms with E-state index in [9.17, 15) is 0 Å². The summed E-state index contributed by atoms with van der Waals surface area (Å²) in [5, 5.41) is 6.72. The van der Waals surface area contributed by atoms with Gasteiger partial charge in [-0.2, -0.15) is 0 Å². The van der Waals surface area contributed by atoms with Gasteiger partial charge in [-0.25, -0.2) is 0 Å². The standard InChI is InChI=1S/C18H24N4/c1-2-19-18(20-9-12-22-10-5-6-11-22)21-14-16-13-15-7-3-4-8-17(15)16/h3-8,10-11,16H,2,9,12-14H2,1H3,(H2,19,20,21). The minimum atomic E-state index is 0.580. The van der Waals surface area contributed by atoms with Crippen LogP contribution in [-0.2, 0) is 13.0 Å². The van der Waals surface area contributed by atoms with Crippen LogP contribution < -0.4 is 10.6 Å². The first kappa shape index (κ1) is 14.7. The molecule has 0 spiro atoms. The predicted octanol–water partition coefficient (Wildman–Crippen LogP) is 2.38. The summed E-state index contributed by atoms with van der Waals surface area (Å²) in [7, 11) is 0. The highest BCUT2D eigenvalue weighted by molar-refractivity contribution is 5.79. The van der Waals surface area contributed by atoms with Crippen LogP contribution in [-0.4, -0.2) is 30.2 Å². The van der Waals surface area contributed by atoms with Crippen molar-refractivity contribution in [1.29, 1.82) is 0 Å². The Hall–Kier alpha value is -2.23. The molecule has 0 fully saturated rings. The average Bonchev–Trinajstić information content (AvgIpc) is 3.01. The molecule has 2 N–H and O–H groups in total. The van der Waals surface area contributed by atoms with Crippen molar-refractivity contribution in [1.82, 2.24) is 15.2 Å². The second-order valence-corrected chi connectivity index (χ2v) is 5.67. The molecular formula is C18H24N4. The molecule has 1 unspecified atom stereocenters. The molecule has 1 aliphatic rings. The van der Waals surface area contributed by atoms with Crippen molar-refractivity contribution in [2.45, 2.75) is 25.8 Å². The largest absolute Gasteiger partial charge is 0.357 e. The number of hydrogen-bond acceptors (Lipinski definition) is 1. The minimum absolute atomic E-state index is 0.580. The Labute approximate surface area is 132 Å². The Kier molecular flexibility index (Phi) is 4.78. The first-order valence-corrected chi connectivity index (χ1v) is 8.07. The Morgan fingerprint density at radius 1 is 1.18 bits per heavy atom. The fourth-order valence-corrected chi connectivity index (χ4v) is 2.89. The quantitative estimate of drug-likeness (QED) is 0.635. The number of fused-ring (bicyclic) bond motifs is 1. The van der Waals surface area contributed by atoms with Gasteiger partial charge in [0.1, 0.15) is 0 Å². The summed E-state index contributed by atoms with van der Waals surface area (Å²) >= 11 is 0. The Balaban J connectivity index is 1.50. The molecular weight excluding hydrogens is 272 g/mol. The molecule has 22 heavy (non-hydrogen) atoms. The van der Waals surface area contributed by atoms with E-state index >= 15 is 0 Å². The van der Waals surface area contributed by atoms with E-state index in [1.165, 1.54) is 11.1 Å². The van der Waals surface area contributed by atoms with Crippen molar-refractivity contribution in [3.05, 3.63) is 59.9 Å². The van der Waals surface area contributed by atoms with Crippen molar-refractivity contribution in [3.8, 4) is 0 Å². The molecule has 0 aliphatic heterocycles. The summed E-state index contributed by atoms with van der Waals surface area (Å²) in [6.07, 6.45) is 5.32. The first-order valence-electron chi connectivity index (χ1n) is 8.07. The molecule has 3 rings (SSSR count). The summed E-state index contributed by atoms with van der Waals surface area (Å²) in [6, 6.07) is 12.8. The van der Waals surface area contributed by atoms with E-state index in [1.54, 1.807) is 0 Å². The number of rotatable bonds is 6. The lowest BCUT2D eigenvalue weighted by molar-refractivity contribution is 0.611. The molecule has 1 aliphatic carbocycles. The molecule has 1 heterocycles. The third-order valence-corrected chi connectivity index (χ3v) is 4.10. The van der Waals surface area contributed by atoms with Gasteiger partial charge in [0.15, 0.2) is 5.96 Å². The molecule has 116 valence electrons. The number of nitrogens with one attached hydrogen (secondary N) is 2. The van der Waals surface area contributed by atoms with Crippen LogP contribution in [0.4, 0.5) is 0 Å². The third kappa shape index (κ3) is 3.50. The van der Waals surface area contributed by atoms with E-state index in [0.717, 1.165) is 38.6 Å². The number of aliphatic imine (C=N–C) groups is 1. The van der Waals surface area contributed by atoms with Gasteiger partial charge in [0.05, 0.1) is 0 Å². The molecule has 0 saturated heterocycles. The van der Waals surface area contributed by atoms with Crippen molar-refractivity contribution in [2.24, 2.45) is 4.99 Å². The molecule has 1 aromatic carbocycles. The average molecular weight is 296 g/mol. The summed E-state index contributed by atoms with van der Waals surface area (Å²) in [6.45, 7) is 5.67. The molecule has 2 aromatic rings. The molecule has 0 amide bonds. The minimum Gasteiger partial charge on any atom is -0.357 e. The summed E-state index contributed by atoms with van der Waals surface area (Å²) < 4.78 is 2.17. The fourth-order valence-electron chi connectivity index (χ4n) is 2.89. The molecule has 4 nitrogen and oxygen atoms in total. The monoisotopic (exact) mass is 296 g/mol. The summed E-state index contributed by atoms with van der Waals surface area (Å²) in [5.41, 5.74) is 2.95. The zero-order valence-electron chi connectivity index (χ0n) is 13.1. The van der Waals surface area contributed by atoms with E-state index in [0.29, 0.717) is 5.92 Å². The van der Waals surface area contributed by atoms with Gasteiger partial charge in [0, 0.05) is 44.5 Å². The van der Waals surface area contributed by atoms with Crippen LogP contribution in [0.3, 0.4) is 0 Å². The Bertz CT molecular complexity index is 616. The van der Waals surface area contributed by atoms with Crippen LogP contribution in [0.1, 0.15) is 24.0 Å². The van der Waals surface area contributed by atoms with Gasteiger partial charge in [0.25, 0.3) is 0 Å². The van der Waals surface area contributed by atoms with E-state index in [1.807, 2.05) is 12.1 Å². The summed E-state index contributed by atoms with van der Waals surface area (Å²) in [4.78, 5) is 4.74. The van der Waals surface area contributed by atoms with Crippen LogP contribution in [0.2, 0.25) is 0 Å². The normalized spacial score (nSPS) is 16.8. The molecule has 1 atom stereocenters. The number of nitrogens with zero attached hydrogens (tertiary/aromatic N) is 2. The number of hydrogen-bond donors (Lipinski definition) is 2. The maximum atomic E-state index is 4.74. The second kappa shape index (κ2) is 7.16. The van der Waals surface area contributed by atoms with Crippen molar-refractivity contribution >= 4 is 5.96 Å². The maximum absolute atomic E-state index is 4.74. The number of aromatic nitrogens is 1. The number of guanidine groups is 1. The maximum Gasteiger partial charge on any atom is 0.191 e. The van der Waals surface area contributed by atoms with E-state index in [-0.39, 0.29) is 0 Å². The molecule has 0 radical (unpaired) electrons. The third-order valence-electron chi connectivity index (χ3n) is 4.10. The van der Waals surface area contributed by atoms with Crippen molar-refractivity contribution < 1.29 is 0 Å². The fraction of sp³-hybridized carbons (Fsp3) is 0.389. The zero-order chi connectivity index (χ0) is 15.2. The highest BCUT2D eigenvalue weighted by Gasteiger charge is 2.24. The van der Waals surface area contributed by atoms with Gasteiger partial charge in [-0.15, -0.1) is 0 Å². The Morgan fingerprint density at radius 3 is 2.77 bits per heavy atom. The van der Waals surface area contributed by atoms with Crippen LogP contribution >= 0.6 is 0 Å². The van der Waals surface area contributed by atoms with Crippen LogP contribution in [0.25, 0.3) is 0 Å². The predicted molar refractivity (Wildman–Crippen MR) is 91.3 cm³/mol. The van der Waals surface area contributed by atoms with Gasteiger partial charge in [-0.1, -0.05) is 24.3 Å². The lowest BCUT2D eigenvalue weighted by atomic mass is 9.78. The SMILES string of the molecule is CCNC(=NCC1Cc2ccccc21)NCCn1cccc1. The second-order valence-electron chi connectivity index (χ2n) is 5.67. The van der Waals surface area contributed by atoms with Gasteiger partial charge in [0.2, 0.25) is 0 Å². The first-order chi connectivity index (χ1) is 10.9. The van der Waals surface area contributed by atoms with E-state index in [2.05, 4.69) is 58.8 Å². The van der Waals surface area contributed by atoms with Gasteiger partial charge in [-0.3, -0.25) is 4.99 Å². The van der Waals surface area contributed by atoms with Crippen LogP contribution in [0.15, 0.2) is 53.8 Å². The van der Waals surface area contributed by atoms with Gasteiger partial charge < -0.3 is 15.2 Å². The van der Waals surface area contributed by atoms with Gasteiger partial charge in [-0.05, 0) is 36.6 Å². The van der Waals surface area contributed by atoms with Crippen LogP contribution in [0, 0.1) is 0 Å². The molecule has 0 saturated carbocycles. The number of benzene rings is 1. The highest BCUT2D eigenvalue weighted by Crippen LogP contribution is 2.34. The molecule has 0 bridgehead atoms. The summed E-state index contributed by atoms with van der Waals surface area (Å²) in [5.74, 6) is 1.50. The highest BCUT2D eigenvalue weighted by atomic mass is 15.2. The Morgan fingerprint density at radius 2 is 2.00 bits per heavy atom. The lowest BCUT2D eigenvalue weighted by Gasteiger charge is -2.28. The topological polar surface area (TPSA) is 41.4 Å². The molecule has 1 aromatic heterocycles. The van der Waals surface area contributed by atoms with Crippen molar-refractivity contribution in [2.75, 3.05) is 19.6 Å². The van der Waals surface area contributed by atoms with Crippen LogP contribution in [0.5, 0.6) is 0 Å². The van der Waals surface area contributed by atoms with E-state index in [4.69, 9.17) is 4.99 Å². The van der Waals surface area contributed by atoms with Gasteiger partial charge >= 0.3 is 0 Å². The lowest BCUT2D eigenvalue weighted by Crippen LogP contribution is -2.39. The zero-order valence-corrected chi connectivity index (χ0v) is 13.1. The van der Waals surface area contributed by atoms with E-state index < -0.39 is 0 Å². The smallest absolute Gasteiger partial charge is 0.191 e. The van der Waals surface area contributed by atoms with Crippen molar-refractivity contribution in [3.63, 3.8) is 0 Å². The molecule has 4 heteroatoms.